The van der Waals surface area contributed by atoms with Gasteiger partial charge in [-0.05, 0) is 123 Å². The van der Waals surface area contributed by atoms with E-state index in [0.717, 1.165) is 16.3 Å². The summed E-state index contributed by atoms with van der Waals surface area (Å²) in [6, 6.07) is 20.0. The van der Waals surface area contributed by atoms with Gasteiger partial charge in [0, 0.05) is 53.4 Å². The third kappa shape index (κ3) is 19.8. The molecule has 0 saturated carbocycles. The van der Waals surface area contributed by atoms with Crippen LogP contribution < -0.4 is 9.47 Å². The van der Waals surface area contributed by atoms with Gasteiger partial charge < -0.3 is 48.0 Å². The SMILES string of the molecule is CC(C)CC1C(=O)OC(Cc2ccc(OCc3ccccn3)cc2)C(=O)N(C)C(CC(C)C)C(=O)OC(C)C(=S)N(C)C(CC(C)C)C(=O)OC(Cc2ccc(OCc3ccccn3)cc2)C(=O)N(C)C(CC(C)C)C(=O)OC(C)C(=O)N1C. The second-order valence-electron chi connectivity index (χ2n) is 23.3. The number of thiocarbonyl (C=S) groups is 1. The molecule has 1 saturated heterocycles. The highest BCUT2D eigenvalue weighted by Crippen LogP contribution is 2.26. The van der Waals surface area contributed by atoms with Crippen LogP contribution in [0.25, 0.3) is 0 Å². The molecule has 0 spiro atoms. The molecule has 8 unspecified atom stereocenters. The minimum Gasteiger partial charge on any atom is -0.487 e. The molecule has 0 N–H and O–H groups in total. The number of carbonyl (C=O) groups excluding carboxylic acids is 7. The summed E-state index contributed by atoms with van der Waals surface area (Å²) in [5, 5.41) is 0. The number of benzene rings is 2. The topological polar surface area (TPSA) is 214 Å². The first kappa shape index (κ1) is 67.3. The van der Waals surface area contributed by atoms with Crippen LogP contribution in [0.1, 0.15) is 117 Å². The lowest BCUT2D eigenvalue weighted by atomic mass is 10.00. The van der Waals surface area contributed by atoms with Gasteiger partial charge >= 0.3 is 23.9 Å². The summed E-state index contributed by atoms with van der Waals surface area (Å²) in [5.41, 5.74) is 2.63. The van der Waals surface area contributed by atoms with E-state index < -0.39 is 90.2 Å². The zero-order valence-corrected chi connectivity index (χ0v) is 52.0. The molecule has 19 nitrogen and oxygen atoms in total. The molecule has 456 valence electrons. The minimum absolute atomic E-state index is 0.0574. The number of rotatable bonds is 18. The maximum absolute atomic E-state index is 15.0. The van der Waals surface area contributed by atoms with Crippen LogP contribution in [0.2, 0.25) is 0 Å². The molecule has 3 heterocycles. The van der Waals surface area contributed by atoms with E-state index in [0.29, 0.717) is 22.6 Å². The van der Waals surface area contributed by atoms with E-state index in [4.69, 9.17) is 40.6 Å². The van der Waals surface area contributed by atoms with E-state index in [1.807, 2.05) is 91.8 Å². The van der Waals surface area contributed by atoms with Crippen molar-refractivity contribution >= 4 is 58.8 Å². The molecular formula is C64H86N6O13S. The van der Waals surface area contributed by atoms with Gasteiger partial charge in [0.1, 0.15) is 60.0 Å². The summed E-state index contributed by atoms with van der Waals surface area (Å²) in [5.74, 6) is -5.20. The van der Waals surface area contributed by atoms with Crippen LogP contribution in [0.4, 0.5) is 0 Å². The Hall–Kier alpha value is -7.48. The number of ether oxygens (including phenoxy) is 6. The quantitative estimate of drug-likeness (QED) is 0.0519. The first-order valence-corrected chi connectivity index (χ1v) is 29.3. The smallest absolute Gasteiger partial charge is 0.329 e. The fourth-order valence-electron chi connectivity index (χ4n) is 9.63. The summed E-state index contributed by atoms with van der Waals surface area (Å²) < 4.78 is 36.5. The summed E-state index contributed by atoms with van der Waals surface area (Å²) in [6.07, 6.45) is -2.05. The molecule has 4 aromatic rings. The summed E-state index contributed by atoms with van der Waals surface area (Å²) in [4.78, 5) is 117. The molecule has 5 rings (SSSR count). The lowest BCUT2D eigenvalue weighted by Gasteiger charge is -2.36. The van der Waals surface area contributed by atoms with Crippen molar-refractivity contribution in [2.24, 2.45) is 23.7 Å². The summed E-state index contributed by atoms with van der Waals surface area (Å²) in [7, 11) is 5.82. The first-order chi connectivity index (χ1) is 39.7. The second-order valence-corrected chi connectivity index (χ2v) is 23.7. The van der Waals surface area contributed by atoms with Crippen molar-refractivity contribution in [3.63, 3.8) is 0 Å². The van der Waals surface area contributed by atoms with Gasteiger partial charge in [0.05, 0.1) is 11.4 Å². The van der Waals surface area contributed by atoms with Gasteiger partial charge in [-0.2, -0.15) is 0 Å². The van der Waals surface area contributed by atoms with Crippen LogP contribution >= 0.6 is 12.2 Å². The van der Waals surface area contributed by atoms with Gasteiger partial charge in [-0.25, -0.2) is 19.2 Å². The van der Waals surface area contributed by atoms with E-state index in [9.17, 15) is 24.0 Å². The third-order valence-corrected chi connectivity index (χ3v) is 15.0. The zero-order valence-electron chi connectivity index (χ0n) is 51.2. The molecule has 1 fully saturated rings. The molecule has 20 heteroatoms. The van der Waals surface area contributed by atoms with Crippen molar-refractivity contribution in [3.8, 4) is 11.5 Å². The number of amides is 3. The highest BCUT2D eigenvalue weighted by molar-refractivity contribution is 7.80. The first-order valence-electron chi connectivity index (χ1n) is 28.9. The van der Waals surface area contributed by atoms with Crippen LogP contribution in [-0.4, -0.2) is 153 Å². The second kappa shape index (κ2) is 32.0. The van der Waals surface area contributed by atoms with Crippen molar-refractivity contribution in [3.05, 3.63) is 120 Å². The molecule has 0 aliphatic carbocycles. The van der Waals surface area contributed by atoms with Gasteiger partial charge in [-0.1, -0.05) is 104 Å². The number of hydrogen-bond donors (Lipinski definition) is 0. The molecule has 0 radical (unpaired) electrons. The number of hydrogen-bond acceptors (Lipinski definition) is 16. The number of nitrogens with zero attached hydrogens (tertiary/aromatic N) is 6. The number of esters is 4. The molecule has 0 bridgehead atoms. The Labute approximate surface area is 501 Å². The lowest BCUT2D eigenvalue weighted by Crippen LogP contribution is -2.54. The van der Waals surface area contributed by atoms with Crippen LogP contribution in [0, 0.1) is 23.7 Å². The molecular weight excluding hydrogens is 1090 g/mol. The van der Waals surface area contributed by atoms with Crippen molar-refractivity contribution in [1.82, 2.24) is 29.6 Å². The Morgan fingerprint density at radius 3 is 1.10 bits per heavy atom. The maximum Gasteiger partial charge on any atom is 0.329 e. The highest BCUT2D eigenvalue weighted by atomic mass is 32.1. The Balaban J connectivity index is 1.57. The monoisotopic (exact) mass is 1180 g/mol. The van der Waals surface area contributed by atoms with E-state index >= 15 is 9.59 Å². The number of pyridine rings is 2. The minimum atomic E-state index is -1.53. The number of aromatic nitrogens is 2. The average molecular weight is 1180 g/mol. The molecule has 3 amide bonds. The highest BCUT2D eigenvalue weighted by Gasteiger charge is 2.42. The Bertz CT molecular complexity index is 2610. The van der Waals surface area contributed by atoms with Crippen LogP contribution in [0.5, 0.6) is 11.5 Å². The molecule has 2 aromatic heterocycles. The number of cyclic esters (lactones) is 4. The maximum atomic E-state index is 15.0. The normalized spacial score (nSPS) is 22.5. The predicted molar refractivity (Wildman–Crippen MR) is 320 cm³/mol. The van der Waals surface area contributed by atoms with E-state index in [1.165, 1.54) is 42.8 Å². The van der Waals surface area contributed by atoms with Gasteiger partial charge in [0.15, 0.2) is 18.3 Å². The molecule has 1 aliphatic rings. The van der Waals surface area contributed by atoms with Gasteiger partial charge in [0.2, 0.25) is 0 Å². The van der Waals surface area contributed by atoms with Crippen LogP contribution in [-0.2, 0) is 78.6 Å². The Morgan fingerprint density at radius 1 is 0.440 bits per heavy atom. The van der Waals surface area contributed by atoms with Gasteiger partial charge in [0.25, 0.3) is 17.7 Å². The Kier molecular flexibility index (Phi) is 25.6. The van der Waals surface area contributed by atoms with Crippen molar-refractivity contribution in [2.75, 3.05) is 28.2 Å². The zero-order chi connectivity index (χ0) is 61.9. The number of carbonyl (C=O) groups is 7. The van der Waals surface area contributed by atoms with Gasteiger partial charge in [-0.15, -0.1) is 0 Å². The third-order valence-electron chi connectivity index (χ3n) is 14.4. The molecule has 2 aromatic carbocycles. The fourth-order valence-corrected chi connectivity index (χ4v) is 9.81. The van der Waals surface area contributed by atoms with Crippen LogP contribution in [0.15, 0.2) is 97.3 Å². The van der Waals surface area contributed by atoms with Gasteiger partial charge in [-0.3, -0.25) is 24.4 Å². The van der Waals surface area contributed by atoms with E-state index in [1.54, 1.807) is 74.9 Å². The van der Waals surface area contributed by atoms with Crippen LogP contribution in [0.3, 0.4) is 0 Å². The predicted octanol–water partition coefficient (Wildman–Crippen LogP) is 8.41. The summed E-state index contributed by atoms with van der Waals surface area (Å²) >= 11 is 5.98. The summed E-state index contributed by atoms with van der Waals surface area (Å²) in [6.45, 7) is 18.4. The standard InChI is InChI=1S/C64H86N6O13S/c1-39(2)31-51-61(74)80-43(9)57(71)67(11)53(33-41(5)6)63(76)82-55(35-45-21-25-49(26-22-45)78-37-47-19-15-17-29-65-47)58(72)69(13)52(32-40(3)4)62(75)81-44(10)60(84)70(14)54(34-42(7)8)64(77)83-56(59(73)68(51)12)36-46-23-27-50(28-24-46)79-38-48-20-16-18-30-66-48/h15-30,39-44,51-56H,31-38H2,1-14H3. The molecule has 84 heavy (non-hydrogen) atoms. The van der Waals surface area contributed by atoms with Crippen molar-refractivity contribution < 1.29 is 62.0 Å². The van der Waals surface area contributed by atoms with E-state index in [-0.39, 0.29) is 80.4 Å². The molecule has 1 aliphatic heterocycles. The molecule has 8 atom stereocenters. The van der Waals surface area contributed by atoms with E-state index in [2.05, 4.69) is 9.97 Å². The average Bonchev–Trinajstić information content (AvgIpc) is 3.49. The lowest BCUT2D eigenvalue weighted by molar-refractivity contribution is -0.174. The largest absolute Gasteiger partial charge is 0.487 e. The number of likely N-dealkylation sites (N-methyl/N-ethyl adjacent to an activating group) is 4. The van der Waals surface area contributed by atoms with Crippen molar-refractivity contribution in [1.29, 1.82) is 0 Å². The Morgan fingerprint density at radius 2 is 0.762 bits per heavy atom. The fraction of sp³-hybridized carbons (Fsp3) is 0.531. The van der Waals surface area contributed by atoms with Crippen molar-refractivity contribution in [2.45, 2.75) is 170 Å².